The molecule has 0 aromatic heterocycles. The lowest BCUT2D eigenvalue weighted by Gasteiger charge is -2.27. The molecule has 226 valence electrons. The minimum absolute atomic E-state index is 0.00283. The molecule has 0 spiro atoms. The molecule has 42 heavy (non-hydrogen) atoms. The summed E-state index contributed by atoms with van der Waals surface area (Å²) < 4.78 is 27.2. The number of carbonyl (C=O) groups is 5. The van der Waals surface area contributed by atoms with Crippen LogP contribution < -0.4 is 14.2 Å². The summed E-state index contributed by atoms with van der Waals surface area (Å²) in [7, 11) is 1.45. The average molecular weight is 619 g/mol. The highest BCUT2D eigenvalue weighted by Crippen LogP contribution is 2.44. The highest BCUT2D eigenvalue weighted by Gasteiger charge is 2.30. The lowest BCUT2D eigenvalue weighted by atomic mass is 10.1. The Kier molecular flexibility index (Phi) is 14.1. The van der Waals surface area contributed by atoms with Crippen LogP contribution in [0.1, 0.15) is 51.0 Å². The number of carbonyl (C=O) groups excluding carboxylic acids is 5. The van der Waals surface area contributed by atoms with Gasteiger partial charge in [0.1, 0.15) is 18.0 Å². The fraction of sp³-hybridized carbons (Fsp3) is 0.367. The summed E-state index contributed by atoms with van der Waals surface area (Å²) in [5.41, 5.74) is 1.47. The van der Waals surface area contributed by atoms with Gasteiger partial charge in [0.15, 0.2) is 16.6 Å². The number of esters is 4. The third kappa shape index (κ3) is 12.0. The summed E-state index contributed by atoms with van der Waals surface area (Å²) in [6, 6.07) is 12.5. The minimum Gasteiger partial charge on any atom is -0.496 e. The topological polar surface area (TPSA) is 132 Å². The molecule has 0 aliphatic rings. The van der Waals surface area contributed by atoms with Gasteiger partial charge < -0.3 is 23.7 Å². The van der Waals surface area contributed by atoms with E-state index in [0.717, 1.165) is 17.3 Å². The Morgan fingerprint density at radius 3 is 1.79 bits per heavy atom. The van der Waals surface area contributed by atoms with E-state index in [4.69, 9.17) is 23.7 Å². The maximum Gasteiger partial charge on any atom is 0.308 e. The quantitative estimate of drug-likeness (QED) is 0.204. The smallest absolute Gasteiger partial charge is 0.308 e. The van der Waals surface area contributed by atoms with Crippen molar-refractivity contribution < 1.29 is 47.7 Å². The number of benzene rings is 2. The van der Waals surface area contributed by atoms with Crippen molar-refractivity contribution in [3.63, 3.8) is 0 Å². The van der Waals surface area contributed by atoms with Crippen LogP contribution in [-0.2, 0) is 33.4 Å². The molecule has 0 fully saturated rings. The normalized spacial score (nSPS) is 13.0. The Bertz CT molecular complexity index is 1290. The van der Waals surface area contributed by atoms with Crippen LogP contribution >= 0.6 is 23.5 Å². The van der Waals surface area contributed by atoms with Crippen LogP contribution in [0.5, 0.6) is 17.2 Å². The molecule has 0 amide bonds. The van der Waals surface area contributed by atoms with E-state index in [1.165, 1.54) is 59.6 Å². The zero-order valence-corrected chi connectivity index (χ0v) is 25.9. The van der Waals surface area contributed by atoms with Crippen molar-refractivity contribution in [1.82, 2.24) is 0 Å². The van der Waals surface area contributed by atoms with Crippen molar-refractivity contribution in [2.24, 2.45) is 0 Å². The molecule has 0 aliphatic heterocycles. The van der Waals surface area contributed by atoms with Gasteiger partial charge in [-0.05, 0) is 11.6 Å². The summed E-state index contributed by atoms with van der Waals surface area (Å²) >= 11 is 2.29. The molecule has 3 unspecified atom stereocenters. The van der Waals surface area contributed by atoms with Gasteiger partial charge in [0.05, 0.1) is 12.4 Å². The van der Waals surface area contributed by atoms with Crippen LogP contribution in [0.3, 0.4) is 0 Å². The number of ether oxygens (including phenoxy) is 5. The third-order valence-corrected chi connectivity index (χ3v) is 7.51. The van der Waals surface area contributed by atoms with Gasteiger partial charge in [0.25, 0.3) is 0 Å². The monoisotopic (exact) mass is 618 g/mol. The fourth-order valence-corrected chi connectivity index (χ4v) is 5.61. The molecule has 12 heteroatoms. The molecule has 0 aliphatic carbocycles. The molecule has 2 aromatic carbocycles. The van der Waals surface area contributed by atoms with Crippen molar-refractivity contribution in [3.8, 4) is 17.2 Å². The summed E-state index contributed by atoms with van der Waals surface area (Å²) in [4.78, 5) is 59.1. The zero-order valence-electron chi connectivity index (χ0n) is 24.2. The van der Waals surface area contributed by atoms with Crippen LogP contribution in [0, 0.1) is 0 Å². The third-order valence-electron chi connectivity index (χ3n) is 5.31. The first-order valence-electron chi connectivity index (χ1n) is 12.8. The molecule has 2 rings (SSSR count). The molecule has 0 N–H and O–H groups in total. The van der Waals surface area contributed by atoms with Gasteiger partial charge in [-0.15, -0.1) is 11.8 Å². The Balaban J connectivity index is 2.58. The summed E-state index contributed by atoms with van der Waals surface area (Å²) in [6.45, 7) is 6.32. The lowest BCUT2D eigenvalue weighted by Crippen LogP contribution is -2.38. The van der Waals surface area contributed by atoms with Gasteiger partial charge in [0, 0.05) is 57.8 Å². The molecule has 0 saturated heterocycles. The first-order valence-corrected chi connectivity index (χ1v) is 14.8. The van der Waals surface area contributed by atoms with E-state index >= 15 is 0 Å². The summed E-state index contributed by atoms with van der Waals surface area (Å²) in [5, 5.41) is -0.669. The van der Waals surface area contributed by atoms with Gasteiger partial charge in [-0.3, -0.25) is 24.0 Å². The van der Waals surface area contributed by atoms with Gasteiger partial charge >= 0.3 is 23.9 Å². The standard InChI is InChI=1S/C30H34O10S2/c1-18(31)37-26-14-24(25(36-6)15-27(26)38-19(2)32)30(13-12-23-10-8-7-9-11-23)42-17-29(40-21(4)34)28(39-20(3)33)16-41-22(5)35/h7-15,28-30H,16-17H2,1-6H3/b13-12+. The summed E-state index contributed by atoms with van der Waals surface area (Å²) in [6.07, 6.45) is 1.99. The first kappa shape index (κ1) is 34.4. The lowest BCUT2D eigenvalue weighted by molar-refractivity contribution is -0.161. The Morgan fingerprint density at radius 1 is 0.738 bits per heavy atom. The predicted molar refractivity (Wildman–Crippen MR) is 161 cm³/mol. The number of methoxy groups -OCH3 is 1. The molecular weight excluding hydrogens is 584 g/mol. The maximum atomic E-state index is 12.0. The SMILES string of the molecule is COc1cc(OC(C)=O)c(OC(C)=O)cc1C(/C=C/c1ccccc1)SCC(OC(C)=O)C(CSC(C)=O)OC(C)=O. The minimum atomic E-state index is -0.893. The molecule has 0 heterocycles. The Labute approximate surface area is 253 Å². The van der Waals surface area contributed by atoms with E-state index in [2.05, 4.69) is 0 Å². The van der Waals surface area contributed by atoms with Gasteiger partial charge in [-0.1, -0.05) is 54.2 Å². The highest BCUT2D eigenvalue weighted by molar-refractivity contribution is 8.13. The molecule has 0 radical (unpaired) electrons. The second-order valence-electron chi connectivity index (χ2n) is 8.85. The van der Waals surface area contributed by atoms with Crippen molar-refractivity contribution in [3.05, 3.63) is 59.7 Å². The van der Waals surface area contributed by atoms with E-state index in [-0.39, 0.29) is 28.1 Å². The number of thioether (sulfide) groups is 2. The number of hydrogen-bond donors (Lipinski definition) is 0. The second kappa shape index (κ2) is 17.2. The molecule has 10 nitrogen and oxygen atoms in total. The second-order valence-corrected chi connectivity index (χ2v) is 11.2. The zero-order chi connectivity index (χ0) is 31.2. The Hall–Kier alpha value is -3.77. The largest absolute Gasteiger partial charge is 0.496 e. The van der Waals surface area contributed by atoms with Gasteiger partial charge in [-0.25, -0.2) is 0 Å². The summed E-state index contributed by atoms with van der Waals surface area (Å²) in [5.74, 6) is -1.80. The van der Waals surface area contributed by atoms with Crippen LogP contribution in [0.2, 0.25) is 0 Å². The highest BCUT2D eigenvalue weighted by atomic mass is 32.2. The van der Waals surface area contributed by atoms with E-state index in [1.807, 2.05) is 42.5 Å². The van der Waals surface area contributed by atoms with Crippen LogP contribution in [-0.4, -0.2) is 59.8 Å². The van der Waals surface area contributed by atoms with Gasteiger partial charge in [-0.2, -0.15) is 0 Å². The van der Waals surface area contributed by atoms with E-state index in [1.54, 1.807) is 6.07 Å². The van der Waals surface area contributed by atoms with E-state index in [9.17, 15) is 24.0 Å². The molecule has 0 bridgehead atoms. The van der Waals surface area contributed by atoms with Crippen LogP contribution in [0.15, 0.2) is 48.5 Å². The van der Waals surface area contributed by atoms with Gasteiger partial charge in [0.2, 0.25) is 0 Å². The number of rotatable bonds is 14. The first-order chi connectivity index (χ1) is 19.9. The van der Waals surface area contributed by atoms with Crippen LogP contribution in [0.4, 0.5) is 0 Å². The maximum absolute atomic E-state index is 12.0. The van der Waals surface area contributed by atoms with Crippen molar-refractivity contribution in [2.45, 2.75) is 52.1 Å². The van der Waals surface area contributed by atoms with Crippen molar-refractivity contribution in [2.75, 3.05) is 18.6 Å². The molecule has 2 aromatic rings. The van der Waals surface area contributed by atoms with Crippen molar-refractivity contribution in [1.29, 1.82) is 0 Å². The Morgan fingerprint density at radius 2 is 1.29 bits per heavy atom. The predicted octanol–water partition coefficient (Wildman–Crippen LogP) is 5.18. The molecular formula is C30H34O10S2. The fourth-order valence-electron chi connectivity index (χ4n) is 3.70. The van der Waals surface area contributed by atoms with Crippen LogP contribution in [0.25, 0.3) is 6.08 Å². The number of hydrogen-bond acceptors (Lipinski definition) is 12. The average Bonchev–Trinajstić information content (AvgIpc) is 2.90. The van der Waals surface area contributed by atoms with E-state index < -0.39 is 41.3 Å². The molecule has 0 saturated carbocycles. The van der Waals surface area contributed by atoms with Crippen molar-refractivity contribution >= 4 is 58.6 Å². The van der Waals surface area contributed by atoms with E-state index in [0.29, 0.717) is 11.3 Å². The molecule has 3 atom stereocenters.